The van der Waals surface area contributed by atoms with E-state index in [9.17, 15) is 15.0 Å². The van der Waals surface area contributed by atoms with Gasteiger partial charge in [0.25, 0.3) is 6.47 Å². The molecule has 0 radical (unpaired) electrons. The third kappa shape index (κ3) is 3.13. The van der Waals surface area contributed by atoms with Gasteiger partial charge in [-0.25, -0.2) is 0 Å². The van der Waals surface area contributed by atoms with Gasteiger partial charge in [0.2, 0.25) is 0 Å². The van der Waals surface area contributed by atoms with Crippen LogP contribution in [0.15, 0.2) is 54.7 Å². The molecule has 0 bridgehead atoms. The molecule has 0 aliphatic carbocycles. The largest absolute Gasteiger partial charge is 0.505 e. The summed E-state index contributed by atoms with van der Waals surface area (Å²) in [6, 6.07) is 14.5. The van der Waals surface area contributed by atoms with E-state index < -0.39 is 12.7 Å². The zero-order valence-corrected chi connectivity index (χ0v) is 12.6. The average molecular weight is 325 g/mol. The molecule has 0 fully saturated rings. The summed E-state index contributed by atoms with van der Waals surface area (Å²) in [5.41, 5.74) is 0.105. The third-order valence-corrected chi connectivity index (χ3v) is 3.53. The van der Waals surface area contributed by atoms with E-state index in [1.165, 1.54) is 6.20 Å². The van der Waals surface area contributed by atoms with Crippen molar-refractivity contribution in [1.82, 2.24) is 4.98 Å². The van der Waals surface area contributed by atoms with E-state index >= 15 is 0 Å². The second-order valence-electron chi connectivity index (χ2n) is 5.06. The van der Waals surface area contributed by atoms with Crippen LogP contribution in [0.4, 0.5) is 0 Å². The normalized spacial score (nSPS) is 11.9. The van der Waals surface area contributed by atoms with Crippen molar-refractivity contribution in [1.29, 1.82) is 0 Å². The molecule has 0 aliphatic rings. The minimum atomic E-state index is -1.01. The molecule has 2 aromatic carbocycles. The number of ether oxygens (including phenoxy) is 2. The van der Waals surface area contributed by atoms with Crippen molar-refractivity contribution >= 4 is 17.2 Å². The molecule has 0 saturated carbocycles. The number of aliphatic hydroxyl groups is 1. The lowest BCUT2D eigenvalue weighted by Crippen LogP contribution is -2.10. The summed E-state index contributed by atoms with van der Waals surface area (Å²) in [4.78, 5) is 14.6. The number of benzene rings is 2. The zero-order valence-electron chi connectivity index (χ0n) is 12.6. The second kappa shape index (κ2) is 6.97. The van der Waals surface area contributed by atoms with Gasteiger partial charge in [0.05, 0.1) is 6.61 Å². The average Bonchev–Trinajstić information content (AvgIpc) is 2.61. The highest BCUT2D eigenvalue weighted by molar-refractivity contribution is 5.89. The first-order valence-corrected chi connectivity index (χ1v) is 7.27. The Kier molecular flexibility index (Phi) is 4.58. The molecule has 24 heavy (non-hydrogen) atoms. The Morgan fingerprint density at radius 3 is 2.62 bits per heavy atom. The van der Waals surface area contributed by atoms with Crippen molar-refractivity contribution in [3.63, 3.8) is 0 Å². The number of pyridine rings is 1. The number of hydrogen-bond donors (Lipinski definition) is 2. The number of hydrogen-bond acceptors (Lipinski definition) is 6. The highest BCUT2D eigenvalue weighted by atomic mass is 16.5. The Morgan fingerprint density at radius 1 is 1.12 bits per heavy atom. The topological polar surface area (TPSA) is 88.9 Å². The predicted molar refractivity (Wildman–Crippen MR) is 86.9 cm³/mol. The second-order valence-corrected chi connectivity index (χ2v) is 5.06. The van der Waals surface area contributed by atoms with Crippen molar-refractivity contribution in [3.05, 3.63) is 60.4 Å². The van der Waals surface area contributed by atoms with E-state index in [4.69, 9.17) is 9.47 Å². The summed E-state index contributed by atoms with van der Waals surface area (Å²) in [7, 11) is 0. The van der Waals surface area contributed by atoms with Gasteiger partial charge in [0.15, 0.2) is 6.10 Å². The van der Waals surface area contributed by atoms with E-state index in [2.05, 4.69) is 4.98 Å². The number of aromatic hydroxyl groups is 1. The Morgan fingerprint density at radius 2 is 1.92 bits per heavy atom. The molecule has 6 nitrogen and oxygen atoms in total. The number of para-hydroxylation sites is 1. The van der Waals surface area contributed by atoms with Gasteiger partial charge in [-0.15, -0.1) is 0 Å². The number of aromatic nitrogens is 1. The number of fused-ring (bicyclic) bond motifs is 1. The third-order valence-electron chi connectivity index (χ3n) is 3.53. The van der Waals surface area contributed by atoms with Crippen LogP contribution in [0.1, 0.15) is 11.8 Å². The molecule has 1 atom stereocenters. The monoisotopic (exact) mass is 325 g/mol. The molecule has 0 amide bonds. The fraction of sp³-hybridized carbons (Fsp3) is 0.111. The molecule has 1 heterocycles. The Hall–Kier alpha value is -3.12. The molecule has 3 aromatic rings. The number of carbonyl (C=O) groups excluding carboxylic acids is 1. The molecular formula is C18H15NO5. The minimum absolute atomic E-state index is 0.105. The molecule has 3 rings (SSSR count). The molecule has 0 saturated heterocycles. The number of carbonyl (C=O) groups is 1. The minimum Gasteiger partial charge on any atom is -0.505 e. The Bertz CT molecular complexity index is 851. The molecule has 0 spiro atoms. The van der Waals surface area contributed by atoms with Crippen LogP contribution in [-0.4, -0.2) is 28.3 Å². The SMILES string of the molecule is O=COC(CO)c1ncc2cc(Oc3ccccc3)ccc2c1O. The maximum atomic E-state index is 10.5. The lowest BCUT2D eigenvalue weighted by molar-refractivity contribution is -0.136. The summed E-state index contributed by atoms with van der Waals surface area (Å²) in [6.45, 7) is -0.261. The molecule has 1 unspecified atom stereocenters. The van der Waals surface area contributed by atoms with Crippen molar-refractivity contribution < 1.29 is 24.5 Å². The quantitative estimate of drug-likeness (QED) is 0.677. The van der Waals surface area contributed by atoms with E-state index in [1.807, 2.05) is 30.3 Å². The van der Waals surface area contributed by atoms with Crippen LogP contribution in [0.25, 0.3) is 10.8 Å². The smallest absolute Gasteiger partial charge is 0.293 e. The van der Waals surface area contributed by atoms with E-state index in [1.54, 1.807) is 18.2 Å². The van der Waals surface area contributed by atoms with Gasteiger partial charge in [-0.05, 0) is 30.3 Å². The van der Waals surface area contributed by atoms with Gasteiger partial charge in [-0.3, -0.25) is 9.78 Å². The zero-order chi connectivity index (χ0) is 16.9. The van der Waals surface area contributed by atoms with Gasteiger partial charge in [0.1, 0.15) is 22.9 Å². The van der Waals surface area contributed by atoms with Crippen LogP contribution < -0.4 is 4.74 Å². The number of rotatable bonds is 6. The van der Waals surface area contributed by atoms with Crippen LogP contribution in [0, 0.1) is 0 Å². The lowest BCUT2D eigenvalue weighted by Gasteiger charge is -2.14. The summed E-state index contributed by atoms with van der Waals surface area (Å²) in [6.07, 6.45) is 0.520. The van der Waals surface area contributed by atoms with Crippen LogP contribution in [-0.2, 0) is 9.53 Å². The fourth-order valence-corrected chi connectivity index (χ4v) is 2.39. The number of aliphatic hydroxyl groups excluding tert-OH is 1. The van der Waals surface area contributed by atoms with E-state index in [0.29, 0.717) is 22.3 Å². The summed E-state index contributed by atoms with van der Waals surface area (Å²) in [5, 5.41) is 20.8. The molecule has 0 aliphatic heterocycles. The maximum Gasteiger partial charge on any atom is 0.293 e. The number of nitrogens with zero attached hydrogens (tertiary/aromatic N) is 1. The van der Waals surface area contributed by atoms with Crippen molar-refractivity contribution in [3.8, 4) is 17.2 Å². The molecular weight excluding hydrogens is 310 g/mol. The van der Waals surface area contributed by atoms with Gasteiger partial charge >= 0.3 is 0 Å². The standard InChI is InChI=1S/C18H15NO5/c20-10-16(23-11-21)17-18(22)15-7-6-14(8-12(15)9-19-17)24-13-4-2-1-3-5-13/h1-9,11,16,20,22H,10H2. The molecule has 2 N–H and O–H groups in total. The van der Waals surface area contributed by atoms with Gasteiger partial charge in [0, 0.05) is 17.0 Å². The maximum absolute atomic E-state index is 10.5. The highest BCUT2D eigenvalue weighted by Gasteiger charge is 2.19. The lowest BCUT2D eigenvalue weighted by atomic mass is 10.1. The summed E-state index contributed by atoms with van der Waals surface area (Å²) < 4.78 is 10.5. The highest BCUT2D eigenvalue weighted by Crippen LogP contribution is 2.34. The van der Waals surface area contributed by atoms with Gasteiger partial charge < -0.3 is 19.7 Å². The van der Waals surface area contributed by atoms with E-state index in [0.717, 1.165) is 0 Å². The van der Waals surface area contributed by atoms with Crippen LogP contribution in [0.3, 0.4) is 0 Å². The molecule has 1 aromatic heterocycles. The van der Waals surface area contributed by atoms with Gasteiger partial charge in [-0.2, -0.15) is 0 Å². The first-order valence-electron chi connectivity index (χ1n) is 7.27. The van der Waals surface area contributed by atoms with Crippen LogP contribution in [0.2, 0.25) is 0 Å². The van der Waals surface area contributed by atoms with Gasteiger partial charge in [-0.1, -0.05) is 18.2 Å². The Balaban J connectivity index is 1.95. The van der Waals surface area contributed by atoms with Crippen molar-refractivity contribution in [2.24, 2.45) is 0 Å². The molecule has 6 heteroatoms. The first-order chi connectivity index (χ1) is 11.7. The summed E-state index contributed by atoms with van der Waals surface area (Å²) >= 11 is 0. The first kappa shape index (κ1) is 15.8. The summed E-state index contributed by atoms with van der Waals surface area (Å²) in [5.74, 6) is 1.16. The van der Waals surface area contributed by atoms with Crippen LogP contribution >= 0.6 is 0 Å². The van der Waals surface area contributed by atoms with E-state index in [-0.39, 0.29) is 17.9 Å². The predicted octanol–water partition coefficient (Wildman–Crippen LogP) is 2.94. The van der Waals surface area contributed by atoms with Crippen molar-refractivity contribution in [2.75, 3.05) is 6.61 Å². The Labute approximate surface area is 137 Å². The van der Waals surface area contributed by atoms with Crippen LogP contribution in [0.5, 0.6) is 17.2 Å². The molecule has 122 valence electrons. The fourth-order valence-electron chi connectivity index (χ4n) is 2.39. The van der Waals surface area contributed by atoms with Crippen molar-refractivity contribution in [2.45, 2.75) is 6.10 Å².